The zero-order valence-electron chi connectivity index (χ0n) is 11.8. The van der Waals surface area contributed by atoms with Gasteiger partial charge in [-0.05, 0) is 27.3 Å². The number of carbonyl (C=O) groups excluding carboxylic acids is 1. The number of imidazole rings is 1. The Morgan fingerprint density at radius 3 is 2.78 bits per heavy atom. The number of aromatic nitrogens is 2. The van der Waals surface area contributed by atoms with E-state index in [0.29, 0.717) is 6.54 Å². The summed E-state index contributed by atoms with van der Waals surface area (Å²) in [5.74, 6) is 0.0122. The molecule has 0 aromatic carbocycles. The minimum absolute atomic E-state index is 0.0122. The number of rotatable bonds is 6. The Labute approximate surface area is 109 Å². The van der Waals surface area contributed by atoms with Gasteiger partial charge in [-0.2, -0.15) is 0 Å². The molecule has 0 saturated heterocycles. The Morgan fingerprint density at radius 1 is 1.44 bits per heavy atom. The van der Waals surface area contributed by atoms with Gasteiger partial charge < -0.3 is 15.2 Å². The van der Waals surface area contributed by atoms with Crippen LogP contribution < -0.4 is 10.6 Å². The average Bonchev–Trinajstić information content (AvgIpc) is 2.63. The van der Waals surface area contributed by atoms with Gasteiger partial charge in [-0.25, -0.2) is 4.98 Å². The average molecular weight is 252 g/mol. The summed E-state index contributed by atoms with van der Waals surface area (Å²) < 4.78 is 1.82. The molecule has 102 valence electrons. The van der Waals surface area contributed by atoms with Crippen LogP contribution in [0, 0.1) is 0 Å². The number of hydrogen-bond donors (Lipinski definition) is 2. The van der Waals surface area contributed by atoms with Crippen LogP contribution in [0.5, 0.6) is 0 Å². The van der Waals surface area contributed by atoms with Crippen LogP contribution in [0.3, 0.4) is 0 Å². The lowest BCUT2D eigenvalue weighted by atomic mass is 10.1. The number of nitrogens with one attached hydrogen (secondary N) is 2. The molecule has 0 aliphatic rings. The molecule has 0 unspecified atom stereocenters. The fourth-order valence-electron chi connectivity index (χ4n) is 1.64. The van der Waals surface area contributed by atoms with E-state index < -0.39 is 0 Å². The topological polar surface area (TPSA) is 59.0 Å². The molecule has 1 aromatic heterocycles. The van der Waals surface area contributed by atoms with Crippen LogP contribution in [0.25, 0.3) is 0 Å². The molecule has 1 heterocycles. The van der Waals surface area contributed by atoms with Crippen LogP contribution >= 0.6 is 0 Å². The second-order valence-corrected chi connectivity index (χ2v) is 5.44. The van der Waals surface area contributed by atoms with Gasteiger partial charge in [-0.3, -0.25) is 4.79 Å². The normalized spacial score (nSPS) is 11.6. The van der Waals surface area contributed by atoms with Gasteiger partial charge in [0.05, 0.1) is 12.0 Å². The van der Waals surface area contributed by atoms with Crippen LogP contribution in [0.4, 0.5) is 0 Å². The lowest BCUT2D eigenvalue weighted by Gasteiger charge is -2.20. The summed E-state index contributed by atoms with van der Waals surface area (Å²) in [6.45, 7) is 10.2. The molecule has 18 heavy (non-hydrogen) atoms. The number of nitrogens with zero attached hydrogens (tertiary/aromatic N) is 2. The van der Waals surface area contributed by atoms with E-state index in [4.69, 9.17) is 0 Å². The SMILES string of the molecule is CCNCCc1cn(CC(=O)NC(C)(C)C)cn1. The fraction of sp³-hybridized carbons (Fsp3) is 0.692. The first-order valence-electron chi connectivity index (χ1n) is 6.43. The van der Waals surface area contributed by atoms with E-state index in [1.165, 1.54) is 0 Å². The maximum absolute atomic E-state index is 11.7. The van der Waals surface area contributed by atoms with E-state index >= 15 is 0 Å². The molecule has 1 amide bonds. The van der Waals surface area contributed by atoms with Crippen molar-refractivity contribution in [1.29, 1.82) is 0 Å². The molecule has 0 bridgehead atoms. The highest BCUT2D eigenvalue weighted by Crippen LogP contribution is 2.00. The van der Waals surface area contributed by atoms with Gasteiger partial charge in [0.2, 0.25) is 5.91 Å². The Morgan fingerprint density at radius 2 is 2.17 bits per heavy atom. The molecule has 0 spiro atoms. The Kier molecular flexibility index (Phi) is 5.34. The Hall–Kier alpha value is -1.36. The largest absolute Gasteiger partial charge is 0.350 e. The van der Waals surface area contributed by atoms with E-state index in [9.17, 15) is 4.79 Å². The van der Waals surface area contributed by atoms with E-state index in [1.54, 1.807) is 6.33 Å². The summed E-state index contributed by atoms with van der Waals surface area (Å²) in [6.07, 6.45) is 4.53. The highest BCUT2D eigenvalue weighted by molar-refractivity contribution is 5.76. The third kappa shape index (κ3) is 5.82. The van der Waals surface area contributed by atoms with E-state index in [-0.39, 0.29) is 11.4 Å². The van der Waals surface area contributed by atoms with Crippen LogP contribution in [0.2, 0.25) is 0 Å². The molecule has 5 heteroatoms. The molecule has 0 atom stereocenters. The predicted molar refractivity (Wildman–Crippen MR) is 72.4 cm³/mol. The van der Waals surface area contributed by atoms with Crippen LogP contribution in [0.15, 0.2) is 12.5 Å². The second kappa shape index (κ2) is 6.54. The minimum Gasteiger partial charge on any atom is -0.350 e. The van der Waals surface area contributed by atoms with E-state index in [2.05, 4.69) is 22.5 Å². The van der Waals surface area contributed by atoms with Gasteiger partial charge >= 0.3 is 0 Å². The van der Waals surface area contributed by atoms with Gasteiger partial charge in [0.15, 0.2) is 0 Å². The molecule has 0 fully saturated rings. The highest BCUT2D eigenvalue weighted by Gasteiger charge is 2.13. The zero-order chi connectivity index (χ0) is 13.6. The van der Waals surface area contributed by atoms with Crippen molar-refractivity contribution >= 4 is 5.91 Å². The quantitative estimate of drug-likeness (QED) is 0.741. The fourth-order valence-corrected chi connectivity index (χ4v) is 1.64. The van der Waals surface area contributed by atoms with Gasteiger partial charge in [0, 0.05) is 24.7 Å². The van der Waals surface area contributed by atoms with Crippen molar-refractivity contribution in [2.24, 2.45) is 0 Å². The van der Waals surface area contributed by atoms with E-state index in [0.717, 1.165) is 25.2 Å². The molecular formula is C13H24N4O. The van der Waals surface area contributed by atoms with Crippen LogP contribution in [-0.4, -0.2) is 34.1 Å². The first-order chi connectivity index (χ1) is 8.40. The summed E-state index contributed by atoms with van der Waals surface area (Å²) in [5.41, 5.74) is 0.824. The summed E-state index contributed by atoms with van der Waals surface area (Å²) in [4.78, 5) is 16.0. The van der Waals surface area contributed by atoms with Crippen molar-refractivity contribution in [2.75, 3.05) is 13.1 Å². The van der Waals surface area contributed by atoms with Gasteiger partial charge in [0.25, 0.3) is 0 Å². The van der Waals surface area contributed by atoms with Gasteiger partial charge in [-0.15, -0.1) is 0 Å². The monoisotopic (exact) mass is 252 g/mol. The second-order valence-electron chi connectivity index (χ2n) is 5.44. The molecule has 1 rings (SSSR count). The third-order valence-electron chi connectivity index (χ3n) is 2.34. The van der Waals surface area contributed by atoms with Gasteiger partial charge in [-0.1, -0.05) is 6.92 Å². The molecule has 0 saturated carbocycles. The first-order valence-corrected chi connectivity index (χ1v) is 6.43. The summed E-state index contributed by atoms with van der Waals surface area (Å²) in [7, 11) is 0. The van der Waals surface area contributed by atoms with Crippen molar-refractivity contribution in [1.82, 2.24) is 20.2 Å². The minimum atomic E-state index is -0.189. The van der Waals surface area contributed by atoms with Crippen LogP contribution in [-0.2, 0) is 17.8 Å². The lowest BCUT2D eigenvalue weighted by molar-refractivity contribution is -0.123. The standard InChI is InChI=1S/C13H24N4O/c1-5-14-7-6-11-8-17(10-15-11)9-12(18)16-13(2,3)4/h8,10,14H,5-7,9H2,1-4H3,(H,16,18). The summed E-state index contributed by atoms with van der Waals surface area (Å²) in [6, 6.07) is 0. The first kappa shape index (κ1) is 14.7. The maximum atomic E-state index is 11.7. The van der Waals surface area contributed by atoms with Crippen LogP contribution in [0.1, 0.15) is 33.4 Å². The van der Waals surface area contributed by atoms with E-state index in [1.807, 2.05) is 31.5 Å². The molecule has 0 aliphatic heterocycles. The lowest BCUT2D eigenvalue weighted by Crippen LogP contribution is -2.42. The molecule has 0 radical (unpaired) electrons. The van der Waals surface area contributed by atoms with Crippen molar-refractivity contribution in [3.63, 3.8) is 0 Å². The van der Waals surface area contributed by atoms with Crippen molar-refractivity contribution < 1.29 is 4.79 Å². The van der Waals surface area contributed by atoms with Crippen molar-refractivity contribution in [2.45, 2.75) is 46.2 Å². The van der Waals surface area contributed by atoms with Gasteiger partial charge in [0.1, 0.15) is 6.54 Å². The Balaban J connectivity index is 2.41. The zero-order valence-corrected chi connectivity index (χ0v) is 11.8. The number of carbonyl (C=O) groups is 1. The third-order valence-corrected chi connectivity index (χ3v) is 2.34. The predicted octanol–water partition coefficient (Wildman–Crippen LogP) is 0.950. The van der Waals surface area contributed by atoms with Crippen molar-refractivity contribution in [3.8, 4) is 0 Å². The summed E-state index contributed by atoms with van der Waals surface area (Å²) in [5, 5.41) is 6.18. The number of likely N-dealkylation sites (N-methyl/N-ethyl adjacent to an activating group) is 1. The maximum Gasteiger partial charge on any atom is 0.240 e. The molecule has 5 nitrogen and oxygen atoms in total. The summed E-state index contributed by atoms with van der Waals surface area (Å²) >= 11 is 0. The van der Waals surface area contributed by atoms with Crippen molar-refractivity contribution in [3.05, 3.63) is 18.2 Å². The molecular weight excluding hydrogens is 228 g/mol. The highest BCUT2D eigenvalue weighted by atomic mass is 16.2. The number of amides is 1. The molecule has 1 aromatic rings. The number of hydrogen-bond acceptors (Lipinski definition) is 3. The smallest absolute Gasteiger partial charge is 0.240 e. The Bertz CT molecular complexity index is 379. The molecule has 0 aliphatic carbocycles. The molecule has 2 N–H and O–H groups in total.